The molecule has 0 aliphatic heterocycles. The molecule has 6 heteroatoms. The van der Waals surface area contributed by atoms with Gasteiger partial charge in [0.2, 0.25) is 0 Å². The molecule has 0 fully saturated rings. The fourth-order valence-electron chi connectivity index (χ4n) is 1.40. The lowest BCUT2D eigenvalue weighted by Gasteiger charge is -2.16. The third-order valence-corrected chi connectivity index (χ3v) is 5.12. The Morgan fingerprint density at radius 2 is 1.89 bits per heavy atom. The number of ether oxygens (including phenoxy) is 1. The number of benzene rings is 1. The Balaban J connectivity index is 2.46. The van der Waals surface area contributed by atoms with Crippen molar-refractivity contribution in [2.45, 2.75) is 29.4 Å². The lowest BCUT2D eigenvalue weighted by molar-refractivity contribution is -0.384. The van der Waals surface area contributed by atoms with Gasteiger partial charge in [-0.05, 0) is 18.6 Å². The standard InChI is InChI=1S/C12H15Br2NO3/c1-2-3-11(13)12(14)8-18-10-6-4-9(5-7-10)15(16)17/h4-7,11-12H,2-3,8H2,1H3/t11-,12+/m0/s1. The second-order valence-electron chi connectivity index (χ2n) is 3.88. The van der Waals surface area contributed by atoms with Crippen LogP contribution < -0.4 is 4.74 Å². The van der Waals surface area contributed by atoms with Crippen molar-refractivity contribution in [1.29, 1.82) is 0 Å². The first-order valence-corrected chi connectivity index (χ1v) is 7.53. The van der Waals surface area contributed by atoms with E-state index in [-0.39, 0.29) is 10.5 Å². The van der Waals surface area contributed by atoms with Crippen LogP contribution in [0.2, 0.25) is 0 Å². The third kappa shape index (κ3) is 4.94. The Hall–Kier alpha value is -0.620. The minimum Gasteiger partial charge on any atom is -0.492 e. The van der Waals surface area contributed by atoms with E-state index in [2.05, 4.69) is 38.8 Å². The van der Waals surface area contributed by atoms with Crippen molar-refractivity contribution < 1.29 is 9.66 Å². The van der Waals surface area contributed by atoms with E-state index in [1.807, 2.05) is 0 Å². The van der Waals surface area contributed by atoms with Gasteiger partial charge >= 0.3 is 0 Å². The highest BCUT2D eigenvalue weighted by Gasteiger charge is 2.15. The molecular weight excluding hydrogens is 366 g/mol. The first kappa shape index (κ1) is 15.4. The number of non-ortho nitro benzene ring substituents is 1. The zero-order chi connectivity index (χ0) is 13.5. The van der Waals surface area contributed by atoms with Crippen molar-refractivity contribution in [3.05, 3.63) is 34.4 Å². The Bertz CT molecular complexity index is 383. The summed E-state index contributed by atoms with van der Waals surface area (Å²) in [5.41, 5.74) is 0.0714. The van der Waals surface area contributed by atoms with Crippen molar-refractivity contribution in [1.82, 2.24) is 0 Å². The van der Waals surface area contributed by atoms with Crippen LogP contribution >= 0.6 is 31.9 Å². The van der Waals surface area contributed by atoms with E-state index in [4.69, 9.17) is 4.74 Å². The van der Waals surface area contributed by atoms with E-state index in [0.717, 1.165) is 12.8 Å². The van der Waals surface area contributed by atoms with Gasteiger partial charge in [-0.3, -0.25) is 10.1 Å². The van der Waals surface area contributed by atoms with Crippen LogP contribution in [0.25, 0.3) is 0 Å². The van der Waals surface area contributed by atoms with Gasteiger partial charge in [0.15, 0.2) is 0 Å². The Labute approximate surface area is 123 Å². The number of nitro groups is 1. The predicted molar refractivity (Wildman–Crippen MR) is 78.9 cm³/mol. The maximum atomic E-state index is 10.5. The summed E-state index contributed by atoms with van der Waals surface area (Å²) in [4.78, 5) is 10.6. The smallest absolute Gasteiger partial charge is 0.269 e. The molecular formula is C12H15Br2NO3. The van der Waals surface area contributed by atoms with Gasteiger partial charge in [-0.15, -0.1) is 0 Å². The van der Waals surface area contributed by atoms with Crippen LogP contribution in [-0.4, -0.2) is 21.2 Å². The molecule has 4 nitrogen and oxygen atoms in total. The fraction of sp³-hybridized carbons (Fsp3) is 0.500. The van der Waals surface area contributed by atoms with Gasteiger partial charge in [0.1, 0.15) is 12.4 Å². The van der Waals surface area contributed by atoms with Gasteiger partial charge in [0, 0.05) is 17.0 Å². The molecule has 0 aromatic heterocycles. The normalized spacial score (nSPS) is 13.9. The van der Waals surface area contributed by atoms with Crippen molar-refractivity contribution >= 4 is 37.5 Å². The van der Waals surface area contributed by atoms with Crippen molar-refractivity contribution in [2.75, 3.05) is 6.61 Å². The minimum atomic E-state index is -0.424. The quantitative estimate of drug-likeness (QED) is 0.402. The molecule has 0 bridgehead atoms. The van der Waals surface area contributed by atoms with Gasteiger partial charge in [0.05, 0.1) is 9.75 Å². The number of rotatable bonds is 7. The molecule has 0 spiro atoms. The van der Waals surface area contributed by atoms with Gasteiger partial charge in [0.25, 0.3) is 5.69 Å². The molecule has 0 saturated heterocycles. The monoisotopic (exact) mass is 379 g/mol. The van der Waals surface area contributed by atoms with Crippen LogP contribution in [-0.2, 0) is 0 Å². The molecule has 2 atom stereocenters. The number of hydrogen-bond donors (Lipinski definition) is 0. The highest BCUT2D eigenvalue weighted by atomic mass is 79.9. The summed E-state index contributed by atoms with van der Waals surface area (Å²) in [6, 6.07) is 6.11. The summed E-state index contributed by atoms with van der Waals surface area (Å²) in [5.74, 6) is 0.640. The molecule has 0 aliphatic rings. The van der Waals surface area contributed by atoms with E-state index >= 15 is 0 Å². The maximum absolute atomic E-state index is 10.5. The predicted octanol–water partition coefficient (Wildman–Crippen LogP) is 4.30. The first-order valence-electron chi connectivity index (χ1n) is 5.70. The average molecular weight is 381 g/mol. The molecule has 0 amide bonds. The number of nitro benzene ring substituents is 1. The Morgan fingerprint density at radius 1 is 1.28 bits per heavy atom. The van der Waals surface area contributed by atoms with Crippen molar-refractivity contribution in [3.63, 3.8) is 0 Å². The van der Waals surface area contributed by atoms with E-state index < -0.39 is 4.92 Å². The second-order valence-corrected chi connectivity index (χ2v) is 6.23. The van der Waals surface area contributed by atoms with Gasteiger partial charge in [-0.1, -0.05) is 45.2 Å². The zero-order valence-corrected chi connectivity index (χ0v) is 13.2. The number of hydrogen-bond acceptors (Lipinski definition) is 3. The molecule has 1 rings (SSSR count). The largest absolute Gasteiger partial charge is 0.492 e. The van der Waals surface area contributed by atoms with Crippen LogP contribution in [0.3, 0.4) is 0 Å². The van der Waals surface area contributed by atoms with E-state index in [9.17, 15) is 10.1 Å². The summed E-state index contributed by atoms with van der Waals surface area (Å²) in [6.45, 7) is 2.65. The van der Waals surface area contributed by atoms with E-state index in [1.165, 1.54) is 12.1 Å². The summed E-state index contributed by atoms with van der Waals surface area (Å²) in [7, 11) is 0. The lowest BCUT2D eigenvalue weighted by atomic mass is 10.2. The van der Waals surface area contributed by atoms with Crippen LogP contribution in [0.1, 0.15) is 19.8 Å². The van der Waals surface area contributed by atoms with Crippen molar-refractivity contribution in [2.24, 2.45) is 0 Å². The Morgan fingerprint density at radius 3 is 2.39 bits per heavy atom. The highest BCUT2D eigenvalue weighted by Crippen LogP contribution is 2.22. The lowest BCUT2D eigenvalue weighted by Crippen LogP contribution is -2.21. The molecule has 100 valence electrons. The van der Waals surface area contributed by atoms with Crippen LogP contribution in [0.4, 0.5) is 5.69 Å². The molecule has 0 N–H and O–H groups in total. The first-order chi connectivity index (χ1) is 8.54. The van der Waals surface area contributed by atoms with Gasteiger partial charge < -0.3 is 4.74 Å². The number of nitrogens with zero attached hydrogens (tertiary/aromatic N) is 1. The number of alkyl halides is 2. The summed E-state index contributed by atoms with van der Waals surface area (Å²) in [6.07, 6.45) is 2.18. The zero-order valence-electron chi connectivity index (χ0n) is 10.0. The molecule has 0 saturated carbocycles. The molecule has 0 radical (unpaired) electrons. The van der Waals surface area contributed by atoms with E-state index in [0.29, 0.717) is 17.2 Å². The topological polar surface area (TPSA) is 52.4 Å². The molecule has 0 unspecified atom stereocenters. The van der Waals surface area contributed by atoms with Crippen LogP contribution in [0, 0.1) is 10.1 Å². The fourth-order valence-corrected chi connectivity index (χ4v) is 2.41. The minimum absolute atomic E-state index is 0.0714. The molecule has 0 aliphatic carbocycles. The molecule has 0 heterocycles. The summed E-state index contributed by atoms with van der Waals surface area (Å²) >= 11 is 7.15. The summed E-state index contributed by atoms with van der Waals surface area (Å²) in [5, 5.41) is 10.5. The molecule has 18 heavy (non-hydrogen) atoms. The highest BCUT2D eigenvalue weighted by molar-refractivity contribution is 9.12. The molecule has 1 aromatic rings. The SMILES string of the molecule is CCC[C@H](Br)[C@H](Br)COc1ccc([N+](=O)[O-])cc1. The Kier molecular flexibility index (Phi) is 6.63. The average Bonchev–Trinajstić information content (AvgIpc) is 2.36. The van der Waals surface area contributed by atoms with Crippen molar-refractivity contribution in [3.8, 4) is 5.75 Å². The second kappa shape index (κ2) is 7.74. The van der Waals surface area contributed by atoms with E-state index in [1.54, 1.807) is 12.1 Å². The number of halogens is 2. The van der Waals surface area contributed by atoms with Gasteiger partial charge in [-0.2, -0.15) is 0 Å². The summed E-state index contributed by atoms with van der Waals surface area (Å²) < 4.78 is 5.57. The van der Waals surface area contributed by atoms with Gasteiger partial charge in [-0.25, -0.2) is 0 Å². The maximum Gasteiger partial charge on any atom is 0.269 e. The van der Waals surface area contributed by atoms with Crippen LogP contribution in [0.5, 0.6) is 5.75 Å². The third-order valence-electron chi connectivity index (χ3n) is 2.41. The molecule has 1 aromatic carbocycles. The van der Waals surface area contributed by atoms with Crippen LogP contribution in [0.15, 0.2) is 24.3 Å².